The second-order valence-corrected chi connectivity index (χ2v) is 12.8. The van der Waals surface area contributed by atoms with E-state index in [-0.39, 0.29) is 17.8 Å². The third-order valence-corrected chi connectivity index (χ3v) is 9.49. The largest absolute Gasteiger partial charge is 0.508 e. The first kappa shape index (κ1) is 34.9. The number of nitrogens with two attached hydrogens (primary N) is 1. The molecule has 0 amide bonds. The zero-order valence-corrected chi connectivity index (χ0v) is 27.8. The standard InChI is InChI=1S/C38H57N5O2/c1-4-40-26-34-13-10-22-43(34)29-36(24-30-11-8-7-9-12-30)42(6-3)28-35(25-32-16-20-38(45)21-17-32)41(5-2)27-33(39)23-31-14-18-37(44)19-15-31/h7-9,11-12,14-21,33-36,40,44-45H,4-6,10,13,22-29,39H2,1-3H3/t33-,34-,35-,36-/m0/s1. The quantitative estimate of drug-likeness (QED) is 0.153. The number of aromatic hydroxyl groups is 2. The summed E-state index contributed by atoms with van der Waals surface area (Å²) in [5.41, 5.74) is 10.6. The molecule has 1 saturated heterocycles. The summed E-state index contributed by atoms with van der Waals surface area (Å²) < 4.78 is 0. The Labute approximate surface area is 272 Å². The van der Waals surface area contributed by atoms with E-state index in [1.54, 1.807) is 24.3 Å². The molecule has 0 saturated carbocycles. The van der Waals surface area contributed by atoms with Crippen LogP contribution in [0.3, 0.4) is 0 Å². The van der Waals surface area contributed by atoms with Crippen molar-refractivity contribution >= 4 is 0 Å². The molecule has 1 heterocycles. The fourth-order valence-electron chi connectivity index (χ4n) is 7.00. The summed E-state index contributed by atoms with van der Waals surface area (Å²) in [6, 6.07) is 27.3. The lowest BCUT2D eigenvalue weighted by Gasteiger charge is -2.41. The molecule has 3 aromatic rings. The van der Waals surface area contributed by atoms with Gasteiger partial charge in [-0.3, -0.25) is 14.7 Å². The average molecular weight is 616 g/mol. The molecule has 3 aromatic carbocycles. The minimum atomic E-state index is -0.0246. The van der Waals surface area contributed by atoms with Crippen molar-refractivity contribution in [1.82, 2.24) is 20.0 Å². The van der Waals surface area contributed by atoms with E-state index in [1.807, 2.05) is 12.1 Å². The van der Waals surface area contributed by atoms with Gasteiger partial charge in [0.05, 0.1) is 0 Å². The highest BCUT2D eigenvalue weighted by Gasteiger charge is 2.31. The fourth-order valence-corrected chi connectivity index (χ4v) is 7.00. The van der Waals surface area contributed by atoms with Crippen LogP contribution in [-0.4, -0.2) is 101 Å². The highest BCUT2D eigenvalue weighted by molar-refractivity contribution is 5.27. The number of benzene rings is 3. The molecule has 5 N–H and O–H groups in total. The molecular weight excluding hydrogens is 558 g/mol. The Morgan fingerprint density at radius 1 is 0.756 bits per heavy atom. The van der Waals surface area contributed by atoms with Gasteiger partial charge in [0, 0.05) is 50.3 Å². The van der Waals surface area contributed by atoms with Crippen molar-refractivity contribution in [2.75, 3.05) is 52.4 Å². The van der Waals surface area contributed by atoms with E-state index in [2.05, 4.69) is 83.3 Å². The predicted molar refractivity (Wildman–Crippen MR) is 187 cm³/mol. The van der Waals surface area contributed by atoms with Crippen LogP contribution >= 0.6 is 0 Å². The number of nitrogens with zero attached hydrogens (tertiary/aromatic N) is 3. The highest BCUT2D eigenvalue weighted by atomic mass is 16.3. The smallest absolute Gasteiger partial charge is 0.115 e. The summed E-state index contributed by atoms with van der Waals surface area (Å²) in [5.74, 6) is 0.581. The molecule has 0 aliphatic carbocycles. The second kappa shape index (κ2) is 18.3. The van der Waals surface area contributed by atoms with Crippen molar-refractivity contribution < 1.29 is 10.2 Å². The van der Waals surface area contributed by atoms with Gasteiger partial charge in [-0.1, -0.05) is 75.4 Å². The molecule has 0 spiro atoms. The Morgan fingerprint density at radius 2 is 1.31 bits per heavy atom. The van der Waals surface area contributed by atoms with Crippen molar-refractivity contribution in [3.8, 4) is 11.5 Å². The summed E-state index contributed by atoms with van der Waals surface area (Å²) in [4.78, 5) is 8.01. The molecule has 0 radical (unpaired) electrons. The molecule has 45 heavy (non-hydrogen) atoms. The van der Waals surface area contributed by atoms with Crippen LogP contribution in [0.25, 0.3) is 0 Å². The first-order valence-electron chi connectivity index (χ1n) is 17.2. The van der Waals surface area contributed by atoms with Gasteiger partial charge in [-0.2, -0.15) is 0 Å². The van der Waals surface area contributed by atoms with Gasteiger partial charge in [0.1, 0.15) is 11.5 Å². The maximum Gasteiger partial charge on any atom is 0.115 e. The molecule has 0 aromatic heterocycles. The monoisotopic (exact) mass is 615 g/mol. The van der Waals surface area contributed by atoms with E-state index < -0.39 is 0 Å². The van der Waals surface area contributed by atoms with Crippen LogP contribution in [-0.2, 0) is 19.3 Å². The molecular formula is C38H57N5O2. The summed E-state index contributed by atoms with van der Waals surface area (Å²) in [6.45, 7) is 14.7. The number of likely N-dealkylation sites (N-methyl/N-ethyl adjacent to an activating group) is 3. The van der Waals surface area contributed by atoms with Crippen LogP contribution in [0, 0.1) is 0 Å². The lowest BCUT2D eigenvalue weighted by molar-refractivity contribution is 0.0876. The molecule has 1 fully saturated rings. The Hall–Kier alpha value is -2.94. The fraction of sp³-hybridized carbons (Fsp3) is 0.526. The van der Waals surface area contributed by atoms with E-state index in [0.29, 0.717) is 17.8 Å². The van der Waals surface area contributed by atoms with Crippen molar-refractivity contribution in [1.29, 1.82) is 0 Å². The summed E-state index contributed by atoms with van der Waals surface area (Å²) in [7, 11) is 0. The number of phenols is 2. The Kier molecular flexibility index (Phi) is 14.2. The van der Waals surface area contributed by atoms with Gasteiger partial charge in [0.2, 0.25) is 0 Å². The normalized spacial score (nSPS) is 17.6. The van der Waals surface area contributed by atoms with Gasteiger partial charge < -0.3 is 21.3 Å². The summed E-state index contributed by atoms with van der Waals surface area (Å²) in [6.07, 6.45) is 5.22. The van der Waals surface area contributed by atoms with Crippen LogP contribution in [0.4, 0.5) is 0 Å². The molecule has 1 aliphatic rings. The van der Waals surface area contributed by atoms with Gasteiger partial charge in [0.25, 0.3) is 0 Å². The van der Waals surface area contributed by atoms with E-state index in [1.165, 1.54) is 30.5 Å². The van der Waals surface area contributed by atoms with E-state index >= 15 is 0 Å². The molecule has 0 unspecified atom stereocenters. The van der Waals surface area contributed by atoms with E-state index in [9.17, 15) is 10.2 Å². The molecule has 4 atom stereocenters. The predicted octanol–water partition coefficient (Wildman–Crippen LogP) is 4.91. The van der Waals surface area contributed by atoms with E-state index in [4.69, 9.17) is 5.73 Å². The third kappa shape index (κ3) is 11.1. The topological polar surface area (TPSA) is 88.2 Å². The lowest BCUT2D eigenvalue weighted by Crippen LogP contribution is -2.54. The van der Waals surface area contributed by atoms with Gasteiger partial charge >= 0.3 is 0 Å². The van der Waals surface area contributed by atoms with E-state index in [0.717, 1.165) is 70.6 Å². The Bertz CT molecular complexity index is 1220. The Balaban J connectivity index is 1.56. The zero-order chi connectivity index (χ0) is 32.0. The van der Waals surface area contributed by atoms with Crippen LogP contribution in [0.15, 0.2) is 78.9 Å². The minimum absolute atomic E-state index is 0.0246. The first-order valence-corrected chi connectivity index (χ1v) is 17.2. The number of likely N-dealkylation sites (tertiary alicyclic amines) is 1. The number of phenolic OH excluding ortho intramolecular Hbond substituents is 2. The molecule has 4 rings (SSSR count). The van der Waals surface area contributed by atoms with Gasteiger partial charge in [-0.25, -0.2) is 0 Å². The maximum absolute atomic E-state index is 9.97. The average Bonchev–Trinajstić information content (AvgIpc) is 3.49. The summed E-state index contributed by atoms with van der Waals surface area (Å²) in [5, 5.41) is 23.3. The van der Waals surface area contributed by atoms with Crippen LogP contribution in [0.5, 0.6) is 11.5 Å². The highest BCUT2D eigenvalue weighted by Crippen LogP contribution is 2.22. The van der Waals surface area contributed by atoms with Gasteiger partial charge in [0.15, 0.2) is 0 Å². The van der Waals surface area contributed by atoms with Crippen LogP contribution < -0.4 is 11.1 Å². The number of hydrogen-bond acceptors (Lipinski definition) is 7. The van der Waals surface area contributed by atoms with Crippen LogP contribution in [0.2, 0.25) is 0 Å². The second-order valence-electron chi connectivity index (χ2n) is 12.8. The van der Waals surface area contributed by atoms with Crippen molar-refractivity contribution in [2.24, 2.45) is 5.73 Å². The van der Waals surface area contributed by atoms with Gasteiger partial charge in [-0.15, -0.1) is 0 Å². The molecule has 246 valence electrons. The van der Waals surface area contributed by atoms with Crippen LogP contribution in [0.1, 0.15) is 50.3 Å². The Morgan fingerprint density at radius 3 is 1.91 bits per heavy atom. The van der Waals surface area contributed by atoms with Gasteiger partial charge in [-0.05, 0) is 99.2 Å². The zero-order valence-electron chi connectivity index (χ0n) is 27.8. The van der Waals surface area contributed by atoms with Crippen molar-refractivity contribution in [2.45, 2.75) is 77.0 Å². The SMILES string of the molecule is CCNC[C@@H]1CCCN1C[C@H](Cc1ccccc1)N(CC)C[C@H](Cc1ccc(O)cc1)N(CC)C[C@@H](N)Cc1ccc(O)cc1. The molecule has 7 nitrogen and oxygen atoms in total. The van der Waals surface area contributed by atoms with Crippen molar-refractivity contribution in [3.63, 3.8) is 0 Å². The maximum atomic E-state index is 9.97. The molecule has 7 heteroatoms. The number of hydrogen-bond donors (Lipinski definition) is 4. The molecule has 0 bridgehead atoms. The lowest BCUT2D eigenvalue weighted by atomic mass is 9.99. The first-order chi connectivity index (χ1) is 21.9. The third-order valence-electron chi connectivity index (χ3n) is 9.49. The molecule has 1 aliphatic heterocycles. The van der Waals surface area contributed by atoms with Crippen molar-refractivity contribution in [3.05, 3.63) is 95.6 Å². The number of nitrogens with one attached hydrogen (secondary N) is 1. The number of rotatable bonds is 19. The minimum Gasteiger partial charge on any atom is -0.508 e. The summed E-state index contributed by atoms with van der Waals surface area (Å²) >= 11 is 0.